The minimum absolute atomic E-state index is 0.190. The van der Waals surface area contributed by atoms with Crippen molar-refractivity contribution < 1.29 is 22.7 Å². The fraction of sp³-hybridized carbons (Fsp3) is 0.300. The molecule has 0 aromatic heterocycles. The van der Waals surface area contributed by atoms with Crippen molar-refractivity contribution in [1.29, 1.82) is 0 Å². The topological polar surface area (TPSA) is 105 Å². The van der Waals surface area contributed by atoms with Gasteiger partial charge in [0.25, 0.3) is 11.8 Å². The summed E-state index contributed by atoms with van der Waals surface area (Å²) < 4.78 is 31.0. The summed E-state index contributed by atoms with van der Waals surface area (Å²) in [7, 11) is -3.38. The van der Waals surface area contributed by atoms with E-state index in [1.807, 2.05) is 6.92 Å². The van der Waals surface area contributed by atoms with Crippen LogP contribution in [0.1, 0.15) is 29.8 Å². The number of nitrogens with zero attached hydrogens (tertiary/aromatic N) is 1. The molecule has 9 heteroatoms. The molecule has 0 fully saturated rings. The van der Waals surface area contributed by atoms with Crippen molar-refractivity contribution in [3.05, 3.63) is 47.5 Å². The van der Waals surface area contributed by atoms with E-state index in [0.29, 0.717) is 34.8 Å². The van der Waals surface area contributed by atoms with Gasteiger partial charge in [0.1, 0.15) is 5.75 Å². The van der Waals surface area contributed by atoms with Gasteiger partial charge in [0.2, 0.25) is 10.0 Å². The molecule has 0 radical (unpaired) electrons. The van der Waals surface area contributed by atoms with Crippen molar-refractivity contribution in [2.75, 3.05) is 21.2 Å². The lowest BCUT2D eigenvalue weighted by atomic mass is 10.1. The van der Waals surface area contributed by atoms with E-state index in [2.05, 4.69) is 10.6 Å². The molecule has 2 aliphatic heterocycles. The molecule has 2 N–H and O–H groups in total. The summed E-state index contributed by atoms with van der Waals surface area (Å²) in [5, 5.41) is 5.54. The average Bonchev–Trinajstić information content (AvgIpc) is 2.98. The highest BCUT2D eigenvalue weighted by Gasteiger charge is 2.33. The molecule has 4 rings (SSSR count). The SMILES string of the molecule is C[C@@H]1Cc2cc(C(=O)Nc3ccc4c(c3)NC(=O)[C@@H](C)O4)ccc2N1S(C)(=O)=O. The normalized spacial score (nSPS) is 20.4. The lowest BCUT2D eigenvalue weighted by molar-refractivity contribution is -0.122. The lowest BCUT2D eigenvalue weighted by Gasteiger charge is -2.23. The summed E-state index contributed by atoms with van der Waals surface area (Å²) in [6, 6.07) is 9.82. The van der Waals surface area contributed by atoms with E-state index in [-0.39, 0.29) is 17.9 Å². The van der Waals surface area contributed by atoms with Crippen LogP contribution in [0.2, 0.25) is 0 Å². The number of anilines is 3. The third-order valence-electron chi connectivity index (χ3n) is 5.02. The first kappa shape index (κ1) is 19.3. The largest absolute Gasteiger partial charge is 0.479 e. The fourth-order valence-electron chi connectivity index (χ4n) is 3.74. The summed E-state index contributed by atoms with van der Waals surface area (Å²) in [6.07, 6.45) is 1.16. The molecule has 0 spiro atoms. The number of hydrogen-bond donors (Lipinski definition) is 2. The average molecular weight is 415 g/mol. The van der Waals surface area contributed by atoms with Crippen molar-refractivity contribution in [1.82, 2.24) is 0 Å². The Balaban J connectivity index is 1.56. The van der Waals surface area contributed by atoms with Gasteiger partial charge in [-0.25, -0.2) is 8.42 Å². The standard InChI is InChI=1S/C20H21N3O5S/c1-11-8-14-9-13(4-6-17(14)23(11)29(3,26)27)20(25)21-15-5-7-18-16(10-15)22-19(24)12(2)28-18/h4-7,9-12H,8H2,1-3H3,(H,21,25)(H,22,24)/t11-,12-/m1/s1. The van der Waals surface area contributed by atoms with Crippen LogP contribution in [-0.4, -0.2) is 38.6 Å². The van der Waals surface area contributed by atoms with E-state index in [1.54, 1.807) is 43.3 Å². The van der Waals surface area contributed by atoms with Gasteiger partial charge in [-0.3, -0.25) is 13.9 Å². The van der Waals surface area contributed by atoms with E-state index in [0.717, 1.165) is 5.56 Å². The predicted molar refractivity (Wildman–Crippen MR) is 110 cm³/mol. The van der Waals surface area contributed by atoms with Crippen LogP contribution < -0.4 is 19.7 Å². The van der Waals surface area contributed by atoms with Crippen LogP contribution in [0.5, 0.6) is 5.75 Å². The zero-order valence-corrected chi connectivity index (χ0v) is 17.0. The molecule has 0 saturated heterocycles. The van der Waals surface area contributed by atoms with Crippen LogP contribution in [-0.2, 0) is 21.2 Å². The zero-order chi connectivity index (χ0) is 20.9. The van der Waals surface area contributed by atoms with Gasteiger partial charge in [0, 0.05) is 17.3 Å². The molecule has 0 unspecified atom stereocenters. The monoisotopic (exact) mass is 415 g/mol. The number of carbonyl (C=O) groups excluding carboxylic acids is 2. The molecule has 2 aliphatic rings. The molecule has 2 atom stereocenters. The number of amides is 2. The van der Waals surface area contributed by atoms with Gasteiger partial charge in [0.15, 0.2) is 6.10 Å². The van der Waals surface area contributed by atoms with Crippen LogP contribution >= 0.6 is 0 Å². The Hall–Kier alpha value is -3.07. The molecular weight excluding hydrogens is 394 g/mol. The van der Waals surface area contributed by atoms with Crippen molar-refractivity contribution in [2.45, 2.75) is 32.4 Å². The Labute approximate surface area is 168 Å². The first-order valence-electron chi connectivity index (χ1n) is 9.19. The van der Waals surface area contributed by atoms with Crippen molar-refractivity contribution in [3.63, 3.8) is 0 Å². The fourth-order valence-corrected chi connectivity index (χ4v) is 5.00. The maximum absolute atomic E-state index is 12.7. The van der Waals surface area contributed by atoms with Crippen LogP contribution in [0.15, 0.2) is 36.4 Å². The Bertz CT molecular complexity index is 1130. The summed E-state index contributed by atoms with van der Waals surface area (Å²) in [4.78, 5) is 24.5. The molecule has 0 saturated carbocycles. The third kappa shape index (κ3) is 3.53. The highest BCUT2D eigenvalue weighted by Crippen LogP contribution is 2.35. The van der Waals surface area contributed by atoms with Gasteiger partial charge in [-0.1, -0.05) is 0 Å². The highest BCUT2D eigenvalue weighted by molar-refractivity contribution is 7.92. The van der Waals surface area contributed by atoms with Crippen LogP contribution in [0, 0.1) is 0 Å². The van der Waals surface area contributed by atoms with Gasteiger partial charge >= 0.3 is 0 Å². The molecule has 8 nitrogen and oxygen atoms in total. The maximum Gasteiger partial charge on any atom is 0.265 e. The van der Waals surface area contributed by atoms with Crippen molar-refractivity contribution in [3.8, 4) is 5.75 Å². The number of rotatable bonds is 3. The first-order chi connectivity index (χ1) is 13.6. The second kappa shape index (κ2) is 6.77. The molecule has 0 bridgehead atoms. The Morgan fingerprint density at radius 2 is 1.97 bits per heavy atom. The second-order valence-corrected chi connectivity index (χ2v) is 9.23. The van der Waals surface area contributed by atoms with Gasteiger partial charge in [0.05, 0.1) is 17.6 Å². The summed E-state index contributed by atoms with van der Waals surface area (Å²) >= 11 is 0. The Morgan fingerprint density at radius 1 is 1.21 bits per heavy atom. The van der Waals surface area contributed by atoms with Crippen molar-refractivity contribution in [2.24, 2.45) is 0 Å². The van der Waals surface area contributed by atoms with E-state index in [4.69, 9.17) is 4.74 Å². The van der Waals surface area contributed by atoms with Crippen LogP contribution in [0.3, 0.4) is 0 Å². The van der Waals surface area contributed by atoms with Crippen molar-refractivity contribution >= 4 is 38.9 Å². The number of benzene rings is 2. The zero-order valence-electron chi connectivity index (χ0n) is 16.2. The van der Waals surface area contributed by atoms with E-state index in [9.17, 15) is 18.0 Å². The smallest absolute Gasteiger partial charge is 0.265 e. The van der Waals surface area contributed by atoms with Gasteiger partial charge in [-0.2, -0.15) is 0 Å². The predicted octanol–water partition coefficient (Wildman–Crippen LogP) is 2.37. The van der Waals surface area contributed by atoms with Crippen LogP contribution in [0.25, 0.3) is 0 Å². The number of carbonyl (C=O) groups is 2. The number of sulfonamides is 1. The minimum Gasteiger partial charge on any atom is -0.479 e. The maximum atomic E-state index is 12.7. The van der Waals surface area contributed by atoms with E-state index in [1.165, 1.54) is 10.6 Å². The van der Waals surface area contributed by atoms with E-state index >= 15 is 0 Å². The molecule has 29 heavy (non-hydrogen) atoms. The summed E-state index contributed by atoms with van der Waals surface area (Å²) in [6.45, 7) is 3.50. The van der Waals surface area contributed by atoms with Gasteiger partial charge in [-0.05, 0) is 62.2 Å². The lowest BCUT2D eigenvalue weighted by Crippen LogP contribution is -2.34. The number of ether oxygens (including phenoxy) is 1. The quantitative estimate of drug-likeness (QED) is 0.801. The highest BCUT2D eigenvalue weighted by atomic mass is 32.2. The number of fused-ring (bicyclic) bond motifs is 2. The molecular formula is C20H21N3O5S. The second-order valence-electron chi connectivity index (χ2n) is 7.37. The molecule has 152 valence electrons. The van der Waals surface area contributed by atoms with Gasteiger partial charge < -0.3 is 15.4 Å². The minimum atomic E-state index is -3.38. The molecule has 0 aliphatic carbocycles. The summed E-state index contributed by atoms with van der Waals surface area (Å²) in [5.41, 5.74) is 2.87. The third-order valence-corrected chi connectivity index (χ3v) is 6.29. The first-order valence-corrected chi connectivity index (χ1v) is 11.0. The molecule has 2 heterocycles. The number of nitrogens with one attached hydrogen (secondary N) is 2. The molecule has 2 aromatic carbocycles. The van der Waals surface area contributed by atoms with Gasteiger partial charge in [-0.15, -0.1) is 0 Å². The summed E-state index contributed by atoms with van der Waals surface area (Å²) in [5.74, 6) is -0.0266. The Morgan fingerprint density at radius 3 is 2.69 bits per heavy atom. The van der Waals surface area contributed by atoms with E-state index < -0.39 is 16.1 Å². The number of hydrogen-bond acceptors (Lipinski definition) is 5. The van der Waals surface area contributed by atoms with Crippen LogP contribution in [0.4, 0.5) is 17.1 Å². The molecule has 2 aromatic rings. The molecule has 2 amide bonds. The Kier molecular flexibility index (Phi) is 4.49.